The number of methoxy groups -OCH3 is 1. The van der Waals surface area contributed by atoms with Crippen molar-refractivity contribution in [1.29, 1.82) is 0 Å². The minimum atomic E-state index is -0.510. The molecule has 0 fully saturated rings. The number of ether oxygens (including phenoxy) is 2. The van der Waals surface area contributed by atoms with Gasteiger partial charge in [-0.25, -0.2) is 0 Å². The number of rotatable bonds is 7. The standard InChI is InChI=1S/C12H18BrNO3/c1-3-17-8-10(15)7-14-9-4-5-11(13)12(6-9)16-2/h4-6,10,14-15H,3,7-8H2,1-2H3. The molecule has 0 aliphatic heterocycles. The zero-order chi connectivity index (χ0) is 12.7. The maximum Gasteiger partial charge on any atom is 0.135 e. The predicted octanol–water partition coefficient (Wildman–Crippen LogP) is 2.27. The molecule has 1 rings (SSSR count). The van der Waals surface area contributed by atoms with Crippen LogP contribution in [-0.2, 0) is 4.74 Å². The van der Waals surface area contributed by atoms with Crippen LogP contribution in [0, 0.1) is 0 Å². The Bertz CT molecular complexity index is 347. The smallest absolute Gasteiger partial charge is 0.135 e. The maximum absolute atomic E-state index is 9.59. The summed E-state index contributed by atoms with van der Waals surface area (Å²) in [7, 11) is 1.62. The summed E-state index contributed by atoms with van der Waals surface area (Å²) in [5, 5.41) is 12.7. The Morgan fingerprint density at radius 2 is 2.24 bits per heavy atom. The number of aliphatic hydroxyl groups is 1. The maximum atomic E-state index is 9.59. The molecule has 0 amide bonds. The molecule has 0 aliphatic rings. The largest absolute Gasteiger partial charge is 0.495 e. The quantitative estimate of drug-likeness (QED) is 0.811. The summed E-state index contributed by atoms with van der Waals surface area (Å²) in [4.78, 5) is 0. The van der Waals surface area contributed by atoms with Crippen molar-refractivity contribution in [3.8, 4) is 5.75 Å². The van der Waals surface area contributed by atoms with E-state index in [0.29, 0.717) is 19.8 Å². The van der Waals surface area contributed by atoms with Gasteiger partial charge in [0, 0.05) is 24.9 Å². The summed E-state index contributed by atoms with van der Waals surface area (Å²) in [6.07, 6.45) is -0.510. The molecular weight excluding hydrogens is 286 g/mol. The van der Waals surface area contributed by atoms with E-state index in [-0.39, 0.29) is 0 Å². The van der Waals surface area contributed by atoms with Crippen molar-refractivity contribution in [2.45, 2.75) is 13.0 Å². The molecule has 0 spiro atoms. The average molecular weight is 304 g/mol. The first kappa shape index (κ1) is 14.3. The highest BCUT2D eigenvalue weighted by Crippen LogP contribution is 2.27. The molecule has 1 unspecified atom stereocenters. The molecule has 0 saturated heterocycles. The highest BCUT2D eigenvalue weighted by atomic mass is 79.9. The number of anilines is 1. The minimum absolute atomic E-state index is 0.344. The number of aliphatic hydroxyl groups excluding tert-OH is 1. The van der Waals surface area contributed by atoms with Gasteiger partial charge >= 0.3 is 0 Å². The fourth-order valence-electron chi connectivity index (χ4n) is 1.32. The Morgan fingerprint density at radius 3 is 2.88 bits per heavy atom. The van der Waals surface area contributed by atoms with E-state index >= 15 is 0 Å². The van der Waals surface area contributed by atoms with Gasteiger partial charge in [0.15, 0.2) is 0 Å². The lowest BCUT2D eigenvalue weighted by molar-refractivity contribution is 0.0496. The summed E-state index contributed by atoms with van der Waals surface area (Å²) in [5.41, 5.74) is 0.903. The molecule has 0 bridgehead atoms. The second-order valence-electron chi connectivity index (χ2n) is 3.54. The van der Waals surface area contributed by atoms with E-state index in [0.717, 1.165) is 15.9 Å². The first-order chi connectivity index (χ1) is 8.17. The van der Waals surface area contributed by atoms with Gasteiger partial charge in [0.25, 0.3) is 0 Å². The Labute approximate surface area is 110 Å². The molecule has 1 aromatic rings. The molecule has 5 heteroatoms. The molecule has 4 nitrogen and oxygen atoms in total. The van der Waals surface area contributed by atoms with Gasteiger partial charge in [-0.15, -0.1) is 0 Å². The molecule has 0 aromatic heterocycles. The van der Waals surface area contributed by atoms with E-state index in [1.165, 1.54) is 0 Å². The Hall–Kier alpha value is -0.780. The lowest BCUT2D eigenvalue weighted by Gasteiger charge is -2.13. The Morgan fingerprint density at radius 1 is 1.47 bits per heavy atom. The van der Waals surface area contributed by atoms with E-state index < -0.39 is 6.10 Å². The summed E-state index contributed by atoms with van der Waals surface area (Å²) >= 11 is 3.38. The van der Waals surface area contributed by atoms with Gasteiger partial charge in [0.1, 0.15) is 5.75 Å². The van der Waals surface area contributed by atoms with Crippen LogP contribution in [0.3, 0.4) is 0 Å². The SMILES string of the molecule is CCOCC(O)CNc1ccc(Br)c(OC)c1. The van der Waals surface area contributed by atoms with Gasteiger partial charge < -0.3 is 19.9 Å². The molecule has 0 radical (unpaired) electrons. The third kappa shape index (κ3) is 4.93. The normalized spacial score (nSPS) is 12.2. The second-order valence-corrected chi connectivity index (χ2v) is 4.40. The predicted molar refractivity (Wildman–Crippen MR) is 71.7 cm³/mol. The molecule has 1 atom stereocenters. The zero-order valence-corrected chi connectivity index (χ0v) is 11.7. The summed E-state index contributed by atoms with van der Waals surface area (Å²) in [6, 6.07) is 5.69. The van der Waals surface area contributed by atoms with Crippen molar-refractivity contribution in [1.82, 2.24) is 0 Å². The van der Waals surface area contributed by atoms with Gasteiger partial charge in [-0.1, -0.05) is 0 Å². The highest BCUT2D eigenvalue weighted by Gasteiger charge is 2.05. The molecular formula is C12H18BrNO3. The van der Waals surface area contributed by atoms with Gasteiger partial charge in [0.2, 0.25) is 0 Å². The fraction of sp³-hybridized carbons (Fsp3) is 0.500. The van der Waals surface area contributed by atoms with Gasteiger partial charge in [-0.3, -0.25) is 0 Å². The van der Waals surface area contributed by atoms with Crippen LogP contribution in [0.4, 0.5) is 5.69 Å². The Kier molecular flexibility index (Phi) is 6.32. The first-order valence-corrected chi connectivity index (χ1v) is 6.30. The van der Waals surface area contributed by atoms with E-state index in [2.05, 4.69) is 21.2 Å². The number of hydrogen-bond acceptors (Lipinski definition) is 4. The fourth-order valence-corrected chi connectivity index (χ4v) is 1.73. The second kappa shape index (κ2) is 7.53. The van der Waals surface area contributed by atoms with E-state index in [4.69, 9.17) is 9.47 Å². The topological polar surface area (TPSA) is 50.7 Å². The zero-order valence-electron chi connectivity index (χ0n) is 10.1. The number of hydrogen-bond donors (Lipinski definition) is 2. The van der Waals surface area contributed by atoms with Crippen molar-refractivity contribution >= 4 is 21.6 Å². The van der Waals surface area contributed by atoms with E-state index in [1.807, 2.05) is 25.1 Å². The van der Waals surface area contributed by atoms with Crippen molar-refractivity contribution < 1.29 is 14.6 Å². The summed E-state index contributed by atoms with van der Waals surface area (Å²) in [5.74, 6) is 0.759. The van der Waals surface area contributed by atoms with Crippen LogP contribution in [-0.4, -0.2) is 38.1 Å². The minimum Gasteiger partial charge on any atom is -0.495 e. The average Bonchev–Trinajstić information content (AvgIpc) is 2.35. The monoisotopic (exact) mass is 303 g/mol. The molecule has 0 heterocycles. The van der Waals surface area contributed by atoms with Crippen molar-refractivity contribution in [3.05, 3.63) is 22.7 Å². The van der Waals surface area contributed by atoms with Gasteiger partial charge in [-0.05, 0) is 35.0 Å². The molecule has 17 heavy (non-hydrogen) atoms. The molecule has 0 saturated carbocycles. The summed E-state index contributed by atoms with van der Waals surface area (Å²) < 4.78 is 11.2. The van der Waals surface area contributed by atoms with Crippen LogP contribution in [0.15, 0.2) is 22.7 Å². The number of halogens is 1. The third-order valence-corrected chi connectivity index (χ3v) is 2.86. The van der Waals surface area contributed by atoms with Gasteiger partial charge in [0.05, 0.1) is 24.3 Å². The summed E-state index contributed by atoms with van der Waals surface area (Å²) in [6.45, 7) is 3.31. The van der Waals surface area contributed by atoms with Crippen LogP contribution in [0.25, 0.3) is 0 Å². The Balaban J connectivity index is 2.46. The van der Waals surface area contributed by atoms with Crippen molar-refractivity contribution in [2.75, 3.05) is 32.2 Å². The number of nitrogens with one attached hydrogen (secondary N) is 1. The van der Waals surface area contributed by atoms with Crippen LogP contribution in [0.5, 0.6) is 5.75 Å². The highest BCUT2D eigenvalue weighted by molar-refractivity contribution is 9.10. The van der Waals surface area contributed by atoms with E-state index in [1.54, 1.807) is 7.11 Å². The van der Waals surface area contributed by atoms with Crippen molar-refractivity contribution in [2.24, 2.45) is 0 Å². The van der Waals surface area contributed by atoms with E-state index in [9.17, 15) is 5.11 Å². The van der Waals surface area contributed by atoms with Crippen LogP contribution < -0.4 is 10.1 Å². The lowest BCUT2D eigenvalue weighted by atomic mass is 10.3. The lowest BCUT2D eigenvalue weighted by Crippen LogP contribution is -2.24. The number of benzene rings is 1. The van der Waals surface area contributed by atoms with Crippen LogP contribution >= 0.6 is 15.9 Å². The van der Waals surface area contributed by atoms with Crippen molar-refractivity contribution in [3.63, 3.8) is 0 Å². The molecule has 96 valence electrons. The molecule has 1 aromatic carbocycles. The molecule has 2 N–H and O–H groups in total. The molecule has 0 aliphatic carbocycles. The third-order valence-electron chi connectivity index (χ3n) is 2.21. The van der Waals surface area contributed by atoms with Crippen LogP contribution in [0.2, 0.25) is 0 Å². The van der Waals surface area contributed by atoms with Gasteiger partial charge in [-0.2, -0.15) is 0 Å². The first-order valence-electron chi connectivity index (χ1n) is 5.50. The van der Waals surface area contributed by atoms with Crippen LogP contribution in [0.1, 0.15) is 6.92 Å².